The molecular formula is C17H28N4O2S. The number of aromatic nitrogens is 1. The summed E-state index contributed by atoms with van der Waals surface area (Å²) in [5, 5.41) is 12.9. The number of nitrogens with two attached hydrogens (primary N) is 1. The predicted molar refractivity (Wildman–Crippen MR) is 97.7 cm³/mol. The number of nitrogens with zero attached hydrogens (tertiary/aromatic N) is 2. The number of likely N-dealkylation sites (tertiary alicyclic amines) is 1. The summed E-state index contributed by atoms with van der Waals surface area (Å²) < 4.78 is 0. The molecule has 0 saturated carbocycles. The molecule has 3 atom stereocenters. The van der Waals surface area contributed by atoms with Crippen molar-refractivity contribution in [3.05, 3.63) is 30.1 Å². The molecule has 0 bridgehead atoms. The number of nitrogens with one attached hydrogen (secondary N) is 1. The number of piperidine rings is 1. The average Bonchev–Trinajstić information content (AvgIpc) is 2.55. The summed E-state index contributed by atoms with van der Waals surface area (Å²) in [6.45, 7) is 5.28. The van der Waals surface area contributed by atoms with E-state index in [9.17, 15) is 9.90 Å². The van der Waals surface area contributed by atoms with E-state index in [1.807, 2.05) is 18.2 Å². The first kappa shape index (κ1) is 19.2. The minimum Gasteiger partial charge on any atom is -0.391 e. The maximum absolute atomic E-state index is 12.4. The SMILES string of the molecule is CC(O)C(N)C(=O)NC1(Cc2ccccn2)CCN(C(C)S)CC1. The van der Waals surface area contributed by atoms with Crippen LogP contribution in [0.3, 0.4) is 0 Å². The Morgan fingerprint density at radius 2 is 2.12 bits per heavy atom. The highest BCUT2D eigenvalue weighted by molar-refractivity contribution is 7.80. The van der Waals surface area contributed by atoms with Crippen molar-refractivity contribution >= 4 is 18.5 Å². The van der Waals surface area contributed by atoms with Gasteiger partial charge in [0, 0.05) is 42.3 Å². The fourth-order valence-electron chi connectivity index (χ4n) is 3.08. The fourth-order valence-corrected chi connectivity index (χ4v) is 3.32. The molecule has 0 spiro atoms. The summed E-state index contributed by atoms with van der Waals surface area (Å²) in [6.07, 6.45) is 3.13. The molecule has 1 aromatic heterocycles. The lowest BCUT2D eigenvalue weighted by Gasteiger charge is -2.44. The minimum absolute atomic E-state index is 0.188. The highest BCUT2D eigenvalue weighted by Crippen LogP contribution is 2.28. The second kappa shape index (κ2) is 8.29. The maximum atomic E-state index is 12.4. The summed E-state index contributed by atoms with van der Waals surface area (Å²) >= 11 is 4.50. The molecule has 2 heterocycles. The number of amides is 1. The Hall–Kier alpha value is -1.15. The van der Waals surface area contributed by atoms with Crippen molar-refractivity contribution in [1.29, 1.82) is 0 Å². The van der Waals surface area contributed by atoms with E-state index in [-0.39, 0.29) is 11.3 Å². The number of aliphatic hydroxyl groups excluding tert-OH is 1. The summed E-state index contributed by atoms with van der Waals surface area (Å²) in [5.74, 6) is -0.312. The molecule has 24 heavy (non-hydrogen) atoms. The van der Waals surface area contributed by atoms with Crippen molar-refractivity contribution in [2.24, 2.45) is 5.73 Å². The molecule has 134 valence electrons. The van der Waals surface area contributed by atoms with Crippen LogP contribution in [0.5, 0.6) is 0 Å². The van der Waals surface area contributed by atoms with Crippen LogP contribution in [0, 0.1) is 0 Å². The van der Waals surface area contributed by atoms with Crippen LogP contribution in [-0.2, 0) is 11.2 Å². The van der Waals surface area contributed by atoms with Gasteiger partial charge >= 0.3 is 0 Å². The van der Waals surface area contributed by atoms with E-state index >= 15 is 0 Å². The van der Waals surface area contributed by atoms with Gasteiger partial charge in [0.2, 0.25) is 5.91 Å². The van der Waals surface area contributed by atoms with Gasteiger partial charge in [-0.1, -0.05) is 6.07 Å². The second-order valence-corrected chi connectivity index (χ2v) is 7.45. The van der Waals surface area contributed by atoms with Crippen LogP contribution in [0.2, 0.25) is 0 Å². The van der Waals surface area contributed by atoms with Crippen LogP contribution >= 0.6 is 12.6 Å². The Labute approximate surface area is 149 Å². The molecule has 0 aliphatic carbocycles. The fraction of sp³-hybridized carbons (Fsp3) is 0.647. The lowest BCUT2D eigenvalue weighted by molar-refractivity contribution is -0.127. The zero-order valence-electron chi connectivity index (χ0n) is 14.4. The predicted octanol–water partition coefficient (Wildman–Crippen LogP) is 0.559. The van der Waals surface area contributed by atoms with Crippen molar-refractivity contribution in [2.75, 3.05) is 13.1 Å². The van der Waals surface area contributed by atoms with Crippen molar-refractivity contribution in [1.82, 2.24) is 15.2 Å². The van der Waals surface area contributed by atoms with E-state index in [1.165, 1.54) is 6.92 Å². The van der Waals surface area contributed by atoms with Gasteiger partial charge in [-0.3, -0.25) is 14.7 Å². The molecule has 1 fully saturated rings. The Morgan fingerprint density at radius 1 is 1.46 bits per heavy atom. The summed E-state index contributed by atoms with van der Waals surface area (Å²) in [7, 11) is 0. The number of hydrogen-bond donors (Lipinski definition) is 4. The van der Waals surface area contributed by atoms with Crippen molar-refractivity contribution in [3.8, 4) is 0 Å². The van der Waals surface area contributed by atoms with E-state index in [0.717, 1.165) is 31.6 Å². The number of hydrogen-bond acceptors (Lipinski definition) is 6. The molecule has 1 aliphatic rings. The zero-order valence-corrected chi connectivity index (χ0v) is 15.2. The third-order valence-corrected chi connectivity index (χ3v) is 5.07. The first-order valence-corrected chi connectivity index (χ1v) is 8.92. The summed E-state index contributed by atoms with van der Waals surface area (Å²) in [6, 6.07) is 4.87. The van der Waals surface area contributed by atoms with Gasteiger partial charge in [-0.15, -0.1) is 0 Å². The standard InChI is InChI=1S/C17H28N4O2S/c1-12(22)15(18)16(23)20-17(11-14-5-3-4-8-19-14)6-9-21(10-7-17)13(2)24/h3-5,8,12-13,15,22,24H,6-7,9-11,18H2,1-2H3,(H,20,23). The van der Waals surface area contributed by atoms with Crippen molar-refractivity contribution in [2.45, 2.75) is 56.2 Å². The summed E-state index contributed by atoms with van der Waals surface area (Å²) in [4.78, 5) is 19.1. The van der Waals surface area contributed by atoms with Gasteiger partial charge in [0.05, 0.1) is 6.10 Å². The number of pyridine rings is 1. The summed E-state index contributed by atoms with van der Waals surface area (Å²) in [5.41, 5.74) is 6.35. The first-order valence-electron chi connectivity index (χ1n) is 8.41. The highest BCUT2D eigenvalue weighted by Gasteiger charge is 2.38. The largest absolute Gasteiger partial charge is 0.391 e. The van der Waals surface area contributed by atoms with E-state index in [0.29, 0.717) is 6.42 Å². The molecule has 3 unspecified atom stereocenters. The number of carbonyl (C=O) groups is 1. The van der Waals surface area contributed by atoms with Gasteiger partial charge in [-0.2, -0.15) is 12.6 Å². The molecule has 1 aromatic rings. The molecule has 2 rings (SSSR count). The quantitative estimate of drug-likeness (QED) is 0.562. The van der Waals surface area contributed by atoms with Gasteiger partial charge in [0.15, 0.2) is 0 Å². The molecule has 1 saturated heterocycles. The first-order chi connectivity index (χ1) is 11.3. The second-order valence-electron chi connectivity index (χ2n) is 6.70. The molecule has 6 nitrogen and oxygen atoms in total. The molecule has 4 N–H and O–H groups in total. The van der Waals surface area contributed by atoms with Gasteiger partial charge < -0.3 is 16.2 Å². The van der Waals surface area contributed by atoms with Crippen LogP contribution in [0.15, 0.2) is 24.4 Å². The van der Waals surface area contributed by atoms with Crippen LogP contribution < -0.4 is 11.1 Å². The third-order valence-electron chi connectivity index (χ3n) is 4.74. The molecular weight excluding hydrogens is 324 g/mol. The number of rotatable bonds is 6. The van der Waals surface area contributed by atoms with Gasteiger partial charge in [-0.25, -0.2) is 0 Å². The van der Waals surface area contributed by atoms with E-state index in [1.54, 1.807) is 6.20 Å². The Kier molecular flexibility index (Phi) is 6.62. The van der Waals surface area contributed by atoms with Crippen LogP contribution in [-0.4, -0.2) is 57.0 Å². The van der Waals surface area contributed by atoms with Crippen molar-refractivity contribution < 1.29 is 9.90 Å². The average molecular weight is 353 g/mol. The maximum Gasteiger partial charge on any atom is 0.240 e. The zero-order chi connectivity index (χ0) is 17.7. The van der Waals surface area contributed by atoms with E-state index in [4.69, 9.17) is 5.73 Å². The Bertz CT molecular complexity index is 531. The smallest absolute Gasteiger partial charge is 0.240 e. The molecule has 1 amide bonds. The highest BCUT2D eigenvalue weighted by atomic mass is 32.1. The third kappa shape index (κ3) is 4.92. The molecule has 1 aliphatic heterocycles. The number of carbonyl (C=O) groups excluding carboxylic acids is 1. The van der Waals surface area contributed by atoms with Crippen LogP contribution in [0.4, 0.5) is 0 Å². The van der Waals surface area contributed by atoms with Crippen LogP contribution in [0.1, 0.15) is 32.4 Å². The van der Waals surface area contributed by atoms with Gasteiger partial charge in [0.1, 0.15) is 6.04 Å². The normalized spacial score (nSPS) is 21.7. The minimum atomic E-state index is -0.924. The number of aliphatic hydroxyl groups is 1. The number of thiol groups is 1. The van der Waals surface area contributed by atoms with E-state index < -0.39 is 17.7 Å². The lowest BCUT2D eigenvalue weighted by Crippen LogP contribution is -2.61. The lowest BCUT2D eigenvalue weighted by atomic mass is 9.82. The Balaban J connectivity index is 2.14. The van der Waals surface area contributed by atoms with Gasteiger partial charge in [-0.05, 0) is 38.8 Å². The monoisotopic (exact) mass is 352 g/mol. The Morgan fingerprint density at radius 3 is 2.62 bits per heavy atom. The topological polar surface area (TPSA) is 91.5 Å². The van der Waals surface area contributed by atoms with Gasteiger partial charge in [0.25, 0.3) is 0 Å². The molecule has 0 aromatic carbocycles. The molecule has 7 heteroatoms. The molecule has 0 radical (unpaired) electrons. The van der Waals surface area contributed by atoms with E-state index in [2.05, 4.69) is 34.8 Å². The van der Waals surface area contributed by atoms with Crippen molar-refractivity contribution in [3.63, 3.8) is 0 Å². The van der Waals surface area contributed by atoms with Crippen LogP contribution in [0.25, 0.3) is 0 Å².